The fourth-order valence-corrected chi connectivity index (χ4v) is 1.69. The average molecular weight is 294 g/mol. The Bertz CT molecular complexity index is 714. The van der Waals surface area contributed by atoms with Crippen LogP contribution in [0.2, 0.25) is 0 Å². The summed E-state index contributed by atoms with van der Waals surface area (Å²) in [5, 5.41) is 22.0. The predicted molar refractivity (Wildman–Crippen MR) is 69.7 cm³/mol. The van der Waals surface area contributed by atoms with Gasteiger partial charge in [-0.25, -0.2) is 13.6 Å². The zero-order chi connectivity index (χ0) is 15.6. The maximum Gasteiger partial charge on any atom is 0.337 e. The highest BCUT2D eigenvalue weighted by Gasteiger charge is 2.18. The number of anilines is 2. The van der Waals surface area contributed by atoms with Gasteiger partial charge in [-0.3, -0.25) is 10.1 Å². The maximum absolute atomic E-state index is 13.5. The molecule has 0 bridgehead atoms. The van der Waals surface area contributed by atoms with E-state index in [2.05, 4.69) is 5.32 Å². The minimum absolute atomic E-state index is 0.277. The number of aromatic carboxylic acids is 1. The Morgan fingerprint density at radius 1 is 1.19 bits per heavy atom. The van der Waals surface area contributed by atoms with E-state index in [0.29, 0.717) is 0 Å². The van der Waals surface area contributed by atoms with Crippen LogP contribution in [-0.2, 0) is 0 Å². The molecular weight excluding hydrogens is 286 g/mol. The Morgan fingerprint density at radius 3 is 2.33 bits per heavy atom. The van der Waals surface area contributed by atoms with Crippen LogP contribution in [0.3, 0.4) is 0 Å². The number of benzene rings is 2. The molecule has 0 fully saturated rings. The number of nitro benzene ring substituents is 1. The molecule has 0 heterocycles. The fourth-order valence-electron chi connectivity index (χ4n) is 1.69. The first-order chi connectivity index (χ1) is 9.90. The summed E-state index contributed by atoms with van der Waals surface area (Å²) in [5.41, 5.74) is -1.61. The van der Waals surface area contributed by atoms with E-state index in [1.165, 1.54) is 0 Å². The van der Waals surface area contributed by atoms with E-state index < -0.39 is 33.9 Å². The molecule has 0 saturated carbocycles. The number of carbonyl (C=O) groups is 1. The van der Waals surface area contributed by atoms with Gasteiger partial charge in [-0.1, -0.05) is 6.07 Å². The summed E-state index contributed by atoms with van der Waals surface area (Å²) in [6, 6.07) is 5.97. The van der Waals surface area contributed by atoms with Crippen molar-refractivity contribution in [3.05, 3.63) is 63.7 Å². The second-order valence-corrected chi connectivity index (χ2v) is 4.01. The molecule has 0 aliphatic rings. The lowest BCUT2D eigenvalue weighted by Crippen LogP contribution is -2.05. The zero-order valence-electron chi connectivity index (χ0n) is 10.3. The fraction of sp³-hybridized carbons (Fsp3) is 0. The highest BCUT2D eigenvalue weighted by atomic mass is 19.1. The molecule has 0 amide bonds. The van der Waals surface area contributed by atoms with Crippen molar-refractivity contribution in [1.29, 1.82) is 0 Å². The van der Waals surface area contributed by atoms with Crippen molar-refractivity contribution >= 4 is 23.0 Å². The van der Waals surface area contributed by atoms with Crippen LogP contribution in [0.5, 0.6) is 0 Å². The second kappa shape index (κ2) is 5.53. The van der Waals surface area contributed by atoms with E-state index in [9.17, 15) is 23.7 Å². The molecule has 0 aliphatic heterocycles. The van der Waals surface area contributed by atoms with Gasteiger partial charge < -0.3 is 10.4 Å². The first-order valence-corrected chi connectivity index (χ1v) is 5.63. The lowest BCUT2D eigenvalue weighted by atomic mass is 10.1. The molecule has 6 nitrogen and oxygen atoms in total. The molecule has 0 saturated heterocycles. The summed E-state index contributed by atoms with van der Waals surface area (Å²) in [5.74, 6) is -3.28. The van der Waals surface area contributed by atoms with Gasteiger partial charge >= 0.3 is 5.97 Å². The number of nitro groups is 1. The molecule has 0 spiro atoms. The molecule has 0 atom stereocenters. The zero-order valence-corrected chi connectivity index (χ0v) is 10.3. The van der Waals surface area contributed by atoms with Crippen molar-refractivity contribution in [2.24, 2.45) is 0 Å². The van der Waals surface area contributed by atoms with Crippen molar-refractivity contribution in [2.45, 2.75) is 0 Å². The van der Waals surface area contributed by atoms with Crippen LogP contribution >= 0.6 is 0 Å². The van der Waals surface area contributed by atoms with Crippen LogP contribution < -0.4 is 5.32 Å². The first-order valence-electron chi connectivity index (χ1n) is 5.63. The van der Waals surface area contributed by atoms with Gasteiger partial charge in [-0.05, 0) is 18.2 Å². The average Bonchev–Trinajstić information content (AvgIpc) is 2.42. The predicted octanol–water partition coefficient (Wildman–Crippen LogP) is 3.31. The largest absolute Gasteiger partial charge is 0.478 e. The van der Waals surface area contributed by atoms with Crippen LogP contribution in [-0.4, -0.2) is 16.0 Å². The number of nitrogens with zero attached hydrogens (tertiary/aromatic N) is 1. The molecule has 0 aliphatic carbocycles. The molecule has 0 unspecified atom stereocenters. The van der Waals surface area contributed by atoms with Crippen molar-refractivity contribution in [3.8, 4) is 0 Å². The number of non-ortho nitro benzene ring substituents is 1. The van der Waals surface area contributed by atoms with Crippen molar-refractivity contribution in [1.82, 2.24) is 0 Å². The van der Waals surface area contributed by atoms with E-state index in [-0.39, 0.29) is 11.3 Å². The Labute approximate surface area is 116 Å². The Kier molecular flexibility index (Phi) is 3.79. The standard InChI is InChI=1S/C13H8F2N2O4/c14-9-2-1-3-10(15)12(9)16-11-6-7(17(20)21)4-5-8(11)13(18)19/h1-6,16H,(H,18,19). The van der Waals surface area contributed by atoms with Crippen molar-refractivity contribution in [2.75, 3.05) is 5.32 Å². The Hall–Kier alpha value is -3.03. The van der Waals surface area contributed by atoms with E-state index >= 15 is 0 Å². The van der Waals surface area contributed by atoms with Gasteiger partial charge in [0.25, 0.3) is 5.69 Å². The lowest BCUT2D eigenvalue weighted by Gasteiger charge is -2.11. The normalized spacial score (nSPS) is 10.2. The molecule has 2 aromatic rings. The molecule has 108 valence electrons. The Balaban J connectivity index is 2.53. The molecule has 0 aromatic heterocycles. The molecular formula is C13H8F2N2O4. The second-order valence-electron chi connectivity index (χ2n) is 4.01. The number of hydrogen-bond acceptors (Lipinski definition) is 4. The summed E-state index contributed by atoms with van der Waals surface area (Å²) >= 11 is 0. The van der Waals surface area contributed by atoms with E-state index in [4.69, 9.17) is 5.11 Å². The molecule has 8 heteroatoms. The topological polar surface area (TPSA) is 92.5 Å². The third-order valence-electron chi connectivity index (χ3n) is 2.67. The minimum atomic E-state index is -1.39. The molecule has 2 aromatic carbocycles. The summed E-state index contributed by atoms with van der Waals surface area (Å²) in [4.78, 5) is 21.0. The summed E-state index contributed by atoms with van der Waals surface area (Å²) < 4.78 is 27.1. The van der Waals surface area contributed by atoms with Crippen LogP contribution in [0, 0.1) is 21.7 Å². The third kappa shape index (κ3) is 2.94. The van der Waals surface area contributed by atoms with E-state index in [1.54, 1.807) is 0 Å². The molecule has 2 N–H and O–H groups in total. The third-order valence-corrected chi connectivity index (χ3v) is 2.67. The number of nitrogens with one attached hydrogen (secondary N) is 1. The van der Waals surface area contributed by atoms with Gasteiger partial charge in [0.15, 0.2) is 0 Å². The van der Waals surface area contributed by atoms with E-state index in [1.807, 2.05) is 0 Å². The number of para-hydroxylation sites is 1. The van der Waals surface area contributed by atoms with Gasteiger partial charge in [0, 0.05) is 12.1 Å². The van der Waals surface area contributed by atoms with Crippen molar-refractivity contribution in [3.63, 3.8) is 0 Å². The number of halogens is 2. The van der Waals surface area contributed by atoms with Crippen molar-refractivity contribution < 1.29 is 23.6 Å². The molecule has 21 heavy (non-hydrogen) atoms. The summed E-state index contributed by atoms with van der Waals surface area (Å²) in [7, 11) is 0. The van der Waals surface area contributed by atoms with Crippen LogP contribution in [0.4, 0.5) is 25.8 Å². The van der Waals surface area contributed by atoms with Gasteiger partial charge in [0.1, 0.15) is 17.3 Å². The molecule has 0 radical (unpaired) electrons. The summed E-state index contributed by atoms with van der Waals surface area (Å²) in [6.45, 7) is 0. The van der Waals surface area contributed by atoms with Gasteiger partial charge in [-0.15, -0.1) is 0 Å². The van der Waals surface area contributed by atoms with Gasteiger partial charge in [0.2, 0.25) is 0 Å². The monoisotopic (exact) mass is 294 g/mol. The quantitative estimate of drug-likeness (QED) is 0.666. The highest BCUT2D eigenvalue weighted by Crippen LogP contribution is 2.28. The van der Waals surface area contributed by atoms with Crippen LogP contribution in [0.1, 0.15) is 10.4 Å². The van der Waals surface area contributed by atoms with Crippen LogP contribution in [0.15, 0.2) is 36.4 Å². The van der Waals surface area contributed by atoms with E-state index in [0.717, 1.165) is 36.4 Å². The Morgan fingerprint density at radius 2 is 1.81 bits per heavy atom. The first kappa shape index (κ1) is 14.4. The number of carboxylic acids is 1. The highest BCUT2D eigenvalue weighted by molar-refractivity contribution is 5.95. The van der Waals surface area contributed by atoms with Crippen LogP contribution in [0.25, 0.3) is 0 Å². The minimum Gasteiger partial charge on any atom is -0.478 e. The number of hydrogen-bond donors (Lipinski definition) is 2. The lowest BCUT2D eigenvalue weighted by molar-refractivity contribution is -0.384. The smallest absolute Gasteiger partial charge is 0.337 e. The summed E-state index contributed by atoms with van der Waals surface area (Å²) in [6.07, 6.45) is 0. The molecule has 2 rings (SSSR count). The van der Waals surface area contributed by atoms with Gasteiger partial charge in [0.05, 0.1) is 16.2 Å². The maximum atomic E-state index is 13.5. The van der Waals surface area contributed by atoms with Gasteiger partial charge in [-0.2, -0.15) is 0 Å². The number of carboxylic acid groups (broad SMARTS) is 1. The number of rotatable bonds is 4. The SMILES string of the molecule is O=C(O)c1ccc([N+](=O)[O-])cc1Nc1c(F)cccc1F.